The van der Waals surface area contributed by atoms with E-state index in [-0.39, 0.29) is 0 Å². The first kappa shape index (κ1) is 14.2. The average Bonchev–Trinajstić information content (AvgIpc) is 2.21. The molecule has 0 bridgehead atoms. The zero-order chi connectivity index (χ0) is 11.7. The van der Waals surface area contributed by atoms with Crippen molar-refractivity contribution < 1.29 is 5.21 Å². The summed E-state index contributed by atoms with van der Waals surface area (Å²) in [6.07, 6.45) is 2.68. The summed E-state index contributed by atoms with van der Waals surface area (Å²) in [6.45, 7) is 4.17. The highest BCUT2D eigenvalue weighted by Gasteiger charge is 2.01. The van der Waals surface area contributed by atoms with Crippen LogP contribution in [0, 0.1) is 0 Å². The van der Waals surface area contributed by atoms with Gasteiger partial charge in [0.1, 0.15) is 5.84 Å². The third-order valence-electron chi connectivity index (χ3n) is 2.24. The molecule has 1 unspecified atom stereocenters. The Kier molecular flexibility index (Phi) is 8.04. The molecular weight excluding hydrogens is 192 g/mol. The van der Waals surface area contributed by atoms with Crippen LogP contribution in [0.5, 0.6) is 0 Å². The highest BCUT2D eigenvalue weighted by Crippen LogP contribution is 1.93. The molecule has 0 fully saturated rings. The lowest BCUT2D eigenvalue weighted by Crippen LogP contribution is -2.31. The van der Waals surface area contributed by atoms with Crippen molar-refractivity contribution in [1.82, 2.24) is 10.2 Å². The Morgan fingerprint density at radius 3 is 2.73 bits per heavy atom. The van der Waals surface area contributed by atoms with E-state index < -0.39 is 0 Å². The summed E-state index contributed by atoms with van der Waals surface area (Å²) >= 11 is 0. The first-order valence-corrected chi connectivity index (χ1v) is 5.40. The fourth-order valence-corrected chi connectivity index (χ4v) is 1.22. The maximum atomic E-state index is 8.33. The highest BCUT2D eigenvalue weighted by molar-refractivity contribution is 5.79. The van der Waals surface area contributed by atoms with Gasteiger partial charge in [-0.3, -0.25) is 0 Å². The number of nitrogens with zero attached hydrogens (tertiary/aromatic N) is 2. The Morgan fingerprint density at radius 1 is 1.53 bits per heavy atom. The molecule has 0 heterocycles. The minimum absolute atomic E-state index is 0.303. The summed E-state index contributed by atoms with van der Waals surface area (Å²) in [6, 6.07) is 0.514. The fraction of sp³-hybridized carbons (Fsp3) is 0.900. The van der Waals surface area contributed by atoms with Crippen LogP contribution in [0.1, 0.15) is 26.2 Å². The Balaban J connectivity index is 3.35. The Bertz CT molecular complexity index is 182. The summed E-state index contributed by atoms with van der Waals surface area (Å²) in [7, 11) is 4.15. The zero-order valence-electron chi connectivity index (χ0n) is 10.0. The van der Waals surface area contributed by atoms with Gasteiger partial charge in [0.05, 0.1) is 0 Å². The molecule has 0 aromatic carbocycles. The molecule has 0 amide bonds. The van der Waals surface area contributed by atoms with E-state index in [9.17, 15) is 0 Å². The lowest BCUT2D eigenvalue weighted by atomic mass is 10.2. The lowest BCUT2D eigenvalue weighted by Gasteiger charge is -2.16. The smallest absolute Gasteiger partial charge is 0.139 e. The second-order valence-corrected chi connectivity index (χ2v) is 4.14. The summed E-state index contributed by atoms with van der Waals surface area (Å²) in [5.41, 5.74) is 5.35. The van der Waals surface area contributed by atoms with Gasteiger partial charge in [0.15, 0.2) is 0 Å². The third kappa shape index (κ3) is 9.49. The predicted molar refractivity (Wildman–Crippen MR) is 63.3 cm³/mol. The van der Waals surface area contributed by atoms with E-state index in [4.69, 9.17) is 10.9 Å². The van der Waals surface area contributed by atoms with Crippen molar-refractivity contribution in [2.75, 3.05) is 27.2 Å². The molecule has 5 nitrogen and oxygen atoms in total. The van der Waals surface area contributed by atoms with Gasteiger partial charge in [-0.15, -0.1) is 0 Å². The summed E-state index contributed by atoms with van der Waals surface area (Å²) < 4.78 is 0. The van der Waals surface area contributed by atoms with Gasteiger partial charge in [-0.05, 0) is 47.0 Å². The van der Waals surface area contributed by atoms with Gasteiger partial charge in [0, 0.05) is 12.5 Å². The van der Waals surface area contributed by atoms with Crippen molar-refractivity contribution in [1.29, 1.82) is 0 Å². The van der Waals surface area contributed by atoms with Crippen LogP contribution < -0.4 is 11.1 Å². The molecule has 0 aromatic heterocycles. The largest absolute Gasteiger partial charge is 0.409 e. The van der Waals surface area contributed by atoms with E-state index in [1.807, 2.05) is 0 Å². The van der Waals surface area contributed by atoms with Gasteiger partial charge in [0.2, 0.25) is 0 Å². The minimum Gasteiger partial charge on any atom is -0.409 e. The lowest BCUT2D eigenvalue weighted by molar-refractivity contribution is 0.316. The van der Waals surface area contributed by atoms with Gasteiger partial charge < -0.3 is 21.2 Å². The standard InChI is InChI=1S/C10H24N4O/c1-9(6-8-14(2)3)12-7-4-5-10(11)13-15/h9,12,15H,4-8H2,1-3H3,(H2,11,13). The number of oxime groups is 1. The molecular formula is C10H24N4O. The van der Waals surface area contributed by atoms with Crippen LogP contribution in [0.2, 0.25) is 0 Å². The van der Waals surface area contributed by atoms with Crippen LogP contribution in [-0.2, 0) is 0 Å². The number of hydrogen-bond donors (Lipinski definition) is 3. The molecule has 0 aromatic rings. The van der Waals surface area contributed by atoms with Crippen LogP contribution in [0.15, 0.2) is 5.16 Å². The maximum absolute atomic E-state index is 8.33. The van der Waals surface area contributed by atoms with E-state index >= 15 is 0 Å². The van der Waals surface area contributed by atoms with Crippen molar-refractivity contribution in [2.24, 2.45) is 10.9 Å². The number of rotatable bonds is 8. The topological polar surface area (TPSA) is 73.9 Å². The molecule has 15 heavy (non-hydrogen) atoms. The molecule has 90 valence electrons. The van der Waals surface area contributed by atoms with Crippen molar-refractivity contribution in [3.63, 3.8) is 0 Å². The van der Waals surface area contributed by atoms with E-state index in [2.05, 4.69) is 36.4 Å². The van der Waals surface area contributed by atoms with E-state index in [0.29, 0.717) is 18.3 Å². The van der Waals surface area contributed by atoms with Gasteiger partial charge in [-0.2, -0.15) is 0 Å². The van der Waals surface area contributed by atoms with Crippen molar-refractivity contribution in [3.8, 4) is 0 Å². The second-order valence-electron chi connectivity index (χ2n) is 4.14. The fourth-order valence-electron chi connectivity index (χ4n) is 1.22. The van der Waals surface area contributed by atoms with Crippen LogP contribution in [0.25, 0.3) is 0 Å². The number of nitrogens with two attached hydrogens (primary N) is 1. The molecule has 0 saturated carbocycles. The Labute approximate surface area is 92.3 Å². The summed E-state index contributed by atoms with van der Waals surface area (Å²) in [4.78, 5) is 2.18. The molecule has 0 rings (SSSR count). The van der Waals surface area contributed by atoms with Gasteiger partial charge in [-0.1, -0.05) is 5.16 Å². The SMILES string of the molecule is CC(CCN(C)C)NCCCC(N)=NO. The van der Waals surface area contributed by atoms with Gasteiger partial charge >= 0.3 is 0 Å². The van der Waals surface area contributed by atoms with Crippen LogP contribution >= 0.6 is 0 Å². The average molecular weight is 216 g/mol. The van der Waals surface area contributed by atoms with Crippen molar-refractivity contribution in [3.05, 3.63) is 0 Å². The third-order valence-corrected chi connectivity index (χ3v) is 2.24. The van der Waals surface area contributed by atoms with Gasteiger partial charge in [-0.25, -0.2) is 0 Å². The van der Waals surface area contributed by atoms with Crippen molar-refractivity contribution >= 4 is 5.84 Å². The van der Waals surface area contributed by atoms with Crippen molar-refractivity contribution in [2.45, 2.75) is 32.2 Å². The molecule has 0 aliphatic carbocycles. The Morgan fingerprint density at radius 2 is 2.20 bits per heavy atom. The Hall–Kier alpha value is -0.810. The molecule has 0 radical (unpaired) electrons. The van der Waals surface area contributed by atoms with Gasteiger partial charge in [0.25, 0.3) is 0 Å². The predicted octanol–water partition coefficient (Wildman–Crippen LogP) is 0.443. The quantitative estimate of drug-likeness (QED) is 0.181. The second kappa shape index (κ2) is 8.49. The molecule has 0 aliphatic heterocycles. The number of nitrogens with one attached hydrogen (secondary N) is 1. The monoisotopic (exact) mass is 216 g/mol. The molecule has 4 N–H and O–H groups in total. The molecule has 0 aliphatic rings. The highest BCUT2D eigenvalue weighted by atomic mass is 16.4. The molecule has 1 atom stereocenters. The maximum Gasteiger partial charge on any atom is 0.139 e. The van der Waals surface area contributed by atoms with E-state index in [0.717, 1.165) is 25.9 Å². The first-order chi connectivity index (χ1) is 7.06. The zero-order valence-corrected chi connectivity index (χ0v) is 10.0. The molecule has 0 spiro atoms. The summed E-state index contributed by atoms with van der Waals surface area (Å²) in [5, 5.41) is 14.6. The number of hydrogen-bond acceptors (Lipinski definition) is 4. The van der Waals surface area contributed by atoms with Crippen LogP contribution in [-0.4, -0.2) is 49.2 Å². The van der Waals surface area contributed by atoms with E-state index in [1.165, 1.54) is 0 Å². The number of amidine groups is 1. The first-order valence-electron chi connectivity index (χ1n) is 5.40. The van der Waals surface area contributed by atoms with E-state index in [1.54, 1.807) is 0 Å². The summed E-state index contributed by atoms with van der Waals surface area (Å²) in [5.74, 6) is 0.303. The normalized spacial score (nSPS) is 14.5. The minimum atomic E-state index is 0.303. The van der Waals surface area contributed by atoms with Crippen LogP contribution in [0.4, 0.5) is 0 Å². The molecule has 0 saturated heterocycles. The molecule has 5 heteroatoms. The van der Waals surface area contributed by atoms with Crippen LogP contribution in [0.3, 0.4) is 0 Å².